The molecule has 0 aliphatic carbocycles. The summed E-state index contributed by atoms with van der Waals surface area (Å²) in [4.78, 5) is 0. The molecule has 0 aliphatic heterocycles. The summed E-state index contributed by atoms with van der Waals surface area (Å²) in [6.45, 7) is 0.529. The van der Waals surface area contributed by atoms with E-state index in [9.17, 15) is 4.39 Å². The number of benzene rings is 2. The van der Waals surface area contributed by atoms with Crippen molar-refractivity contribution in [2.24, 2.45) is 5.73 Å². The van der Waals surface area contributed by atoms with Gasteiger partial charge in [-0.2, -0.15) is 0 Å². The molecule has 1 aromatic heterocycles. The van der Waals surface area contributed by atoms with Crippen LogP contribution in [0.15, 0.2) is 54.7 Å². The summed E-state index contributed by atoms with van der Waals surface area (Å²) in [7, 11) is 0. The molecule has 0 radical (unpaired) electrons. The number of fused-ring (bicyclic) bond motifs is 1. The van der Waals surface area contributed by atoms with Crippen molar-refractivity contribution in [3.05, 3.63) is 66.1 Å². The molecule has 3 rings (SSSR count). The number of nitrogens with two attached hydrogens (primary N) is 1. The van der Waals surface area contributed by atoms with Crippen molar-refractivity contribution in [1.29, 1.82) is 0 Å². The Bertz CT molecular complexity index is 701. The second kappa shape index (κ2) is 4.27. The van der Waals surface area contributed by atoms with E-state index in [0.29, 0.717) is 6.54 Å². The maximum absolute atomic E-state index is 13.2. The van der Waals surface area contributed by atoms with Crippen LogP contribution in [0, 0.1) is 5.82 Å². The predicted molar refractivity (Wildman–Crippen MR) is 71.1 cm³/mol. The molecule has 1 heterocycles. The molecule has 0 atom stereocenters. The molecule has 2 nitrogen and oxygen atoms in total. The van der Waals surface area contributed by atoms with E-state index < -0.39 is 0 Å². The second-order valence-corrected chi connectivity index (χ2v) is 4.26. The lowest BCUT2D eigenvalue weighted by Gasteiger charge is -2.06. The van der Waals surface area contributed by atoms with E-state index in [2.05, 4.69) is 6.07 Å². The van der Waals surface area contributed by atoms with Gasteiger partial charge in [0, 0.05) is 23.8 Å². The van der Waals surface area contributed by atoms with Crippen LogP contribution < -0.4 is 5.73 Å². The minimum absolute atomic E-state index is 0.229. The number of halogens is 1. The Kier molecular flexibility index (Phi) is 2.61. The highest BCUT2D eigenvalue weighted by atomic mass is 19.1. The van der Waals surface area contributed by atoms with Gasteiger partial charge >= 0.3 is 0 Å². The number of aromatic nitrogens is 1. The minimum atomic E-state index is -0.229. The normalized spacial score (nSPS) is 11.0. The minimum Gasteiger partial charge on any atom is -0.326 e. The molecule has 2 aromatic carbocycles. The SMILES string of the molecule is NCc1ccc2c(ccn2-c2cccc(F)c2)c1. The van der Waals surface area contributed by atoms with Gasteiger partial charge in [-0.25, -0.2) is 4.39 Å². The number of hydrogen-bond acceptors (Lipinski definition) is 1. The zero-order valence-corrected chi connectivity index (χ0v) is 9.81. The lowest BCUT2D eigenvalue weighted by atomic mass is 10.1. The highest BCUT2D eigenvalue weighted by molar-refractivity contribution is 5.82. The van der Waals surface area contributed by atoms with Crippen molar-refractivity contribution < 1.29 is 4.39 Å². The maximum atomic E-state index is 13.2. The van der Waals surface area contributed by atoms with E-state index in [-0.39, 0.29) is 5.82 Å². The largest absolute Gasteiger partial charge is 0.326 e. The third-order valence-corrected chi connectivity index (χ3v) is 3.08. The van der Waals surface area contributed by atoms with E-state index in [1.54, 1.807) is 6.07 Å². The molecule has 3 aromatic rings. The summed E-state index contributed by atoms with van der Waals surface area (Å²) in [5.41, 5.74) is 8.60. The van der Waals surface area contributed by atoms with Crippen LogP contribution in [-0.2, 0) is 6.54 Å². The van der Waals surface area contributed by atoms with E-state index in [1.807, 2.05) is 35.0 Å². The monoisotopic (exact) mass is 240 g/mol. The number of nitrogens with zero attached hydrogens (tertiary/aromatic N) is 1. The average molecular weight is 240 g/mol. The van der Waals surface area contributed by atoms with Crippen molar-refractivity contribution in [2.45, 2.75) is 6.54 Å². The maximum Gasteiger partial charge on any atom is 0.125 e. The van der Waals surface area contributed by atoms with Crippen LogP contribution in [0.25, 0.3) is 16.6 Å². The first kappa shape index (κ1) is 11.0. The predicted octanol–water partition coefficient (Wildman–Crippen LogP) is 3.23. The van der Waals surface area contributed by atoms with E-state index in [1.165, 1.54) is 12.1 Å². The van der Waals surface area contributed by atoms with Crippen LogP contribution in [0.5, 0.6) is 0 Å². The van der Waals surface area contributed by atoms with Crippen LogP contribution in [0.4, 0.5) is 4.39 Å². The number of rotatable bonds is 2. The summed E-state index contributed by atoms with van der Waals surface area (Å²) < 4.78 is 15.2. The Labute approximate surface area is 104 Å². The fourth-order valence-corrected chi connectivity index (χ4v) is 2.17. The zero-order chi connectivity index (χ0) is 12.5. The summed E-state index contributed by atoms with van der Waals surface area (Å²) in [6.07, 6.45) is 1.94. The van der Waals surface area contributed by atoms with Crippen molar-refractivity contribution in [3.63, 3.8) is 0 Å². The van der Waals surface area contributed by atoms with Gasteiger partial charge < -0.3 is 10.3 Å². The van der Waals surface area contributed by atoms with Gasteiger partial charge in [-0.05, 0) is 42.0 Å². The van der Waals surface area contributed by atoms with Gasteiger partial charge in [-0.1, -0.05) is 12.1 Å². The highest BCUT2D eigenvalue weighted by Gasteiger charge is 2.04. The molecule has 90 valence electrons. The Hall–Kier alpha value is -2.13. The first-order chi connectivity index (χ1) is 8.78. The van der Waals surface area contributed by atoms with Crippen molar-refractivity contribution in [3.8, 4) is 5.69 Å². The summed E-state index contributed by atoms with van der Waals surface area (Å²) >= 11 is 0. The fourth-order valence-electron chi connectivity index (χ4n) is 2.17. The highest BCUT2D eigenvalue weighted by Crippen LogP contribution is 2.22. The van der Waals surface area contributed by atoms with Crippen LogP contribution in [0.1, 0.15) is 5.56 Å². The van der Waals surface area contributed by atoms with Crippen molar-refractivity contribution in [2.75, 3.05) is 0 Å². The van der Waals surface area contributed by atoms with Gasteiger partial charge in [0.1, 0.15) is 5.82 Å². The molecular weight excluding hydrogens is 227 g/mol. The molecule has 0 unspecified atom stereocenters. The summed E-state index contributed by atoms with van der Waals surface area (Å²) in [5.74, 6) is -0.229. The van der Waals surface area contributed by atoms with E-state index >= 15 is 0 Å². The molecule has 0 saturated heterocycles. The number of hydrogen-bond donors (Lipinski definition) is 1. The quantitative estimate of drug-likeness (QED) is 0.732. The zero-order valence-electron chi connectivity index (χ0n) is 9.81. The Morgan fingerprint density at radius 1 is 1.06 bits per heavy atom. The average Bonchev–Trinajstić information content (AvgIpc) is 2.81. The third kappa shape index (κ3) is 1.79. The van der Waals surface area contributed by atoms with Gasteiger partial charge in [-0.15, -0.1) is 0 Å². The lowest BCUT2D eigenvalue weighted by Crippen LogP contribution is -1.96. The van der Waals surface area contributed by atoms with Crippen LogP contribution in [0.3, 0.4) is 0 Å². The Morgan fingerprint density at radius 2 is 1.94 bits per heavy atom. The molecule has 0 aliphatic rings. The van der Waals surface area contributed by atoms with Gasteiger partial charge in [0.05, 0.1) is 5.52 Å². The smallest absolute Gasteiger partial charge is 0.125 e. The first-order valence-corrected chi connectivity index (χ1v) is 5.84. The molecule has 0 amide bonds. The van der Waals surface area contributed by atoms with Crippen LogP contribution in [0.2, 0.25) is 0 Å². The van der Waals surface area contributed by atoms with E-state index in [4.69, 9.17) is 5.73 Å². The summed E-state index contributed by atoms with van der Waals surface area (Å²) in [5, 5.41) is 1.11. The van der Waals surface area contributed by atoms with Gasteiger partial charge in [-0.3, -0.25) is 0 Å². The van der Waals surface area contributed by atoms with Crippen molar-refractivity contribution >= 4 is 10.9 Å². The summed E-state index contributed by atoms with van der Waals surface area (Å²) in [6, 6.07) is 14.7. The van der Waals surface area contributed by atoms with E-state index in [0.717, 1.165) is 22.2 Å². The molecule has 0 saturated carbocycles. The van der Waals surface area contributed by atoms with Gasteiger partial charge in [0.25, 0.3) is 0 Å². The Morgan fingerprint density at radius 3 is 2.72 bits per heavy atom. The molecule has 0 fully saturated rings. The molecule has 0 bridgehead atoms. The lowest BCUT2D eigenvalue weighted by molar-refractivity contribution is 0.627. The second-order valence-electron chi connectivity index (χ2n) is 4.26. The van der Waals surface area contributed by atoms with Crippen LogP contribution in [-0.4, -0.2) is 4.57 Å². The molecule has 0 spiro atoms. The molecule has 3 heteroatoms. The molecule has 2 N–H and O–H groups in total. The fraction of sp³-hybridized carbons (Fsp3) is 0.0667. The molecular formula is C15H13FN2. The van der Waals surface area contributed by atoms with Gasteiger partial charge in [0.2, 0.25) is 0 Å². The van der Waals surface area contributed by atoms with Crippen molar-refractivity contribution in [1.82, 2.24) is 4.57 Å². The topological polar surface area (TPSA) is 30.9 Å². The van der Waals surface area contributed by atoms with Crippen LogP contribution >= 0.6 is 0 Å². The third-order valence-electron chi connectivity index (χ3n) is 3.08. The Balaban J connectivity index is 2.18. The molecule has 18 heavy (non-hydrogen) atoms. The standard InChI is InChI=1S/C15H13FN2/c16-13-2-1-3-14(9-13)18-7-6-12-8-11(10-17)4-5-15(12)18/h1-9H,10,17H2. The van der Waals surface area contributed by atoms with Gasteiger partial charge in [0.15, 0.2) is 0 Å². The first-order valence-electron chi connectivity index (χ1n) is 5.84.